The molecule has 0 unspecified atom stereocenters. The predicted octanol–water partition coefficient (Wildman–Crippen LogP) is 5.48. The summed E-state index contributed by atoms with van der Waals surface area (Å²) in [5.74, 6) is 0.392. The lowest BCUT2D eigenvalue weighted by Crippen LogP contribution is -2.23. The molecule has 102 valence electrons. The molecule has 0 N–H and O–H groups in total. The van der Waals surface area contributed by atoms with Gasteiger partial charge in [-0.3, -0.25) is 0 Å². The Hall–Kier alpha value is -2.30. The first-order chi connectivity index (χ1) is 10.2. The quantitative estimate of drug-likeness (QED) is 0.634. The maximum atomic E-state index is 3.42. The van der Waals surface area contributed by atoms with Crippen LogP contribution in [-0.4, -0.2) is 0 Å². The van der Waals surface area contributed by atoms with Crippen LogP contribution in [0.5, 0.6) is 0 Å². The molecule has 0 heteroatoms. The molecule has 0 spiro atoms. The molecule has 0 atom stereocenters. The van der Waals surface area contributed by atoms with Crippen molar-refractivity contribution in [1.82, 2.24) is 0 Å². The van der Waals surface area contributed by atoms with E-state index in [1.807, 2.05) is 6.08 Å². The molecule has 21 heavy (non-hydrogen) atoms. The lowest BCUT2D eigenvalue weighted by Gasteiger charge is -2.33. The zero-order valence-electron chi connectivity index (χ0n) is 12.4. The maximum Gasteiger partial charge on any atom is 0.0199 e. The highest BCUT2D eigenvalue weighted by Crippen LogP contribution is 2.55. The Bertz CT molecular complexity index is 766. The fourth-order valence-electron chi connectivity index (χ4n) is 3.82. The Balaban J connectivity index is 1.97. The third-order valence-electron chi connectivity index (χ3n) is 4.85. The van der Waals surface area contributed by atoms with Gasteiger partial charge in [-0.05, 0) is 28.3 Å². The molecule has 2 aliphatic carbocycles. The molecule has 0 fully saturated rings. The topological polar surface area (TPSA) is 0 Å². The van der Waals surface area contributed by atoms with E-state index in [-0.39, 0.29) is 5.41 Å². The van der Waals surface area contributed by atoms with Crippen molar-refractivity contribution in [3.63, 3.8) is 0 Å². The predicted molar refractivity (Wildman–Crippen MR) is 88.2 cm³/mol. The van der Waals surface area contributed by atoms with Gasteiger partial charge in [0.2, 0.25) is 0 Å². The number of hydrogen-bond acceptors (Lipinski definition) is 0. The summed E-state index contributed by atoms with van der Waals surface area (Å²) in [6.45, 7) is 4.67. The summed E-state index contributed by atoms with van der Waals surface area (Å²) in [7, 11) is 0. The third kappa shape index (κ3) is 1.70. The van der Waals surface area contributed by atoms with Gasteiger partial charge in [-0.2, -0.15) is 0 Å². The summed E-state index contributed by atoms with van der Waals surface area (Å²) in [4.78, 5) is 0. The molecule has 0 radical (unpaired) electrons. The average molecular weight is 270 g/mol. The van der Waals surface area contributed by atoms with E-state index in [0.29, 0.717) is 5.92 Å². The number of fused-ring (bicyclic) bond motifs is 3. The molecule has 0 aliphatic heterocycles. The normalized spacial score (nSPS) is 16.0. The van der Waals surface area contributed by atoms with Crippen LogP contribution in [0.3, 0.4) is 0 Å². The summed E-state index contributed by atoms with van der Waals surface area (Å²) in [5.41, 5.74) is 10.4. The standard InChI is InChI=1S/C21H18/c1-21(2,15-9-3-4-10-15)20-18-13-7-5-11-16(18)17-12-6-8-14-19(17)20/h3-9,11-14,20H,1-2H3. The fraction of sp³-hybridized carbons (Fsp3) is 0.190. The third-order valence-corrected chi connectivity index (χ3v) is 4.85. The Morgan fingerprint density at radius 1 is 0.857 bits per heavy atom. The molecule has 0 saturated heterocycles. The number of rotatable bonds is 2. The zero-order chi connectivity index (χ0) is 14.4. The van der Waals surface area contributed by atoms with Crippen molar-refractivity contribution >= 4 is 0 Å². The van der Waals surface area contributed by atoms with E-state index < -0.39 is 0 Å². The second-order valence-electron chi connectivity index (χ2n) is 6.41. The van der Waals surface area contributed by atoms with Gasteiger partial charge in [0.1, 0.15) is 0 Å². The molecule has 4 rings (SSSR count). The smallest absolute Gasteiger partial charge is 0.0199 e. The van der Waals surface area contributed by atoms with Crippen LogP contribution in [0.25, 0.3) is 11.1 Å². The summed E-state index contributed by atoms with van der Waals surface area (Å²) in [6, 6.07) is 17.7. The van der Waals surface area contributed by atoms with Gasteiger partial charge in [-0.25, -0.2) is 0 Å². The van der Waals surface area contributed by atoms with Gasteiger partial charge in [-0.1, -0.05) is 74.5 Å². The van der Waals surface area contributed by atoms with E-state index >= 15 is 0 Å². The minimum Gasteiger partial charge on any atom is -0.117 e. The molecule has 2 aromatic rings. The Kier molecular flexibility index (Phi) is 2.58. The van der Waals surface area contributed by atoms with Gasteiger partial charge in [0.05, 0.1) is 0 Å². The van der Waals surface area contributed by atoms with Crippen LogP contribution >= 0.6 is 0 Å². The van der Waals surface area contributed by atoms with Crippen molar-refractivity contribution in [2.24, 2.45) is 5.41 Å². The van der Waals surface area contributed by atoms with E-state index in [2.05, 4.69) is 80.3 Å². The molecule has 2 aromatic carbocycles. The molecule has 0 heterocycles. The van der Waals surface area contributed by atoms with Crippen molar-refractivity contribution in [2.75, 3.05) is 0 Å². The second-order valence-corrected chi connectivity index (χ2v) is 6.41. The van der Waals surface area contributed by atoms with Crippen molar-refractivity contribution in [3.8, 4) is 11.1 Å². The summed E-state index contributed by atoms with van der Waals surface area (Å²) < 4.78 is 0. The van der Waals surface area contributed by atoms with Gasteiger partial charge >= 0.3 is 0 Å². The van der Waals surface area contributed by atoms with Crippen LogP contribution < -0.4 is 0 Å². The highest BCUT2D eigenvalue weighted by molar-refractivity contribution is 5.79. The van der Waals surface area contributed by atoms with Gasteiger partial charge in [0, 0.05) is 16.9 Å². The van der Waals surface area contributed by atoms with E-state index in [1.165, 1.54) is 27.8 Å². The molecule has 0 aromatic heterocycles. The first kappa shape index (κ1) is 12.4. The second kappa shape index (κ2) is 4.35. The summed E-state index contributed by atoms with van der Waals surface area (Å²) >= 11 is 0. The summed E-state index contributed by atoms with van der Waals surface area (Å²) in [5, 5.41) is 0. The Morgan fingerprint density at radius 3 is 1.95 bits per heavy atom. The largest absolute Gasteiger partial charge is 0.117 e. The van der Waals surface area contributed by atoms with E-state index in [4.69, 9.17) is 0 Å². The van der Waals surface area contributed by atoms with E-state index in [1.54, 1.807) is 0 Å². The van der Waals surface area contributed by atoms with Crippen LogP contribution in [0.2, 0.25) is 0 Å². The minimum atomic E-state index is 0.0339. The van der Waals surface area contributed by atoms with Crippen LogP contribution in [0.4, 0.5) is 0 Å². The lowest BCUT2D eigenvalue weighted by molar-refractivity contribution is 0.404. The molecule has 0 bridgehead atoms. The van der Waals surface area contributed by atoms with Gasteiger partial charge in [0.25, 0.3) is 0 Å². The molecular weight excluding hydrogens is 252 g/mol. The first-order valence-corrected chi connectivity index (χ1v) is 7.51. The average Bonchev–Trinajstić information content (AvgIpc) is 3.14. The van der Waals surface area contributed by atoms with Crippen molar-refractivity contribution < 1.29 is 0 Å². The van der Waals surface area contributed by atoms with Crippen molar-refractivity contribution in [3.05, 3.63) is 89.2 Å². The molecule has 0 nitrogen and oxygen atoms in total. The van der Waals surface area contributed by atoms with Crippen molar-refractivity contribution in [2.45, 2.75) is 19.8 Å². The van der Waals surface area contributed by atoms with Crippen LogP contribution in [-0.2, 0) is 0 Å². The zero-order valence-corrected chi connectivity index (χ0v) is 12.4. The number of benzene rings is 2. The summed E-state index contributed by atoms with van der Waals surface area (Å²) in [6.07, 6.45) is 6.30. The SMILES string of the molecule is CC(C)(C1=C=CC=C1)C1c2ccccc2-c2ccccc21. The van der Waals surface area contributed by atoms with E-state index in [0.717, 1.165) is 0 Å². The molecule has 0 saturated carbocycles. The molecule has 2 aliphatic rings. The highest BCUT2D eigenvalue weighted by Gasteiger charge is 2.40. The number of hydrogen-bond donors (Lipinski definition) is 0. The Labute approximate surface area is 126 Å². The monoisotopic (exact) mass is 270 g/mol. The van der Waals surface area contributed by atoms with Crippen LogP contribution in [0, 0.1) is 5.41 Å². The number of allylic oxidation sites excluding steroid dienone is 3. The van der Waals surface area contributed by atoms with Gasteiger partial charge in [-0.15, -0.1) is 5.73 Å². The van der Waals surface area contributed by atoms with Gasteiger partial charge in [0.15, 0.2) is 0 Å². The lowest BCUT2D eigenvalue weighted by atomic mass is 9.69. The highest BCUT2D eigenvalue weighted by atomic mass is 14.4. The Morgan fingerprint density at radius 2 is 1.43 bits per heavy atom. The van der Waals surface area contributed by atoms with Crippen LogP contribution in [0.1, 0.15) is 30.9 Å². The van der Waals surface area contributed by atoms with Crippen molar-refractivity contribution in [1.29, 1.82) is 0 Å². The maximum absolute atomic E-state index is 3.42. The minimum absolute atomic E-state index is 0.0339. The van der Waals surface area contributed by atoms with Gasteiger partial charge < -0.3 is 0 Å². The van der Waals surface area contributed by atoms with Crippen LogP contribution in [0.15, 0.2) is 78.1 Å². The van der Waals surface area contributed by atoms with E-state index in [9.17, 15) is 0 Å². The first-order valence-electron chi connectivity index (χ1n) is 7.51. The molecular formula is C21H18. The fourth-order valence-corrected chi connectivity index (χ4v) is 3.82. The molecule has 0 amide bonds.